The van der Waals surface area contributed by atoms with Gasteiger partial charge in [0.15, 0.2) is 0 Å². The number of benzene rings is 1. The second kappa shape index (κ2) is 7.35. The molecule has 0 aliphatic carbocycles. The number of aryl methyl sites for hydroxylation is 3. The summed E-state index contributed by atoms with van der Waals surface area (Å²) in [6, 6.07) is 11.2. The molecule has 26 heavy (non-hydrogen) atoms. The summed E-state index contributed by atoms with van der Waals surface area (Å²) in [5.41, 5.74) is 5.04. The van der Waals surface area contributed by atoms with Crippen molar-refractivity contribution in [1.82, 2.24) is 14.7 Å². The zero-order valence-electron chi connectivity index (χ0n) is 15.0. The Morgan fingerprint density at radius 3 is 2.38 bits per heavy atom. The molecule has 2 aromatic heterocycles. The minimum atomic E-state index is -3.60. The molecule has 0 saturated carbocycles. The van der Waals surface area contributed by atoms with Crippen molar-refractivity contribution >= 4 is 10.0 Å². The summed E-state index contributed by atoms with van der Waals surface area (Å²) in [5.74, 6) is 0. The Balaban J connectivity index is 1.83. The largest absolute Gasteiger partial charge is 0.264 e. The Kier molecular flexibility index (Phi) is 5.15. The monoisotopic (exact) mass is 367 g/mol. The van der Waals surface area contributed by atoms with Gasteiger partial charge in [-0.1, -0.05) is 17.7 Å². The smallest absolute Gasteiger partial charge is 0.241 e. The molecule has 3 rings (SSSR count). The molecule has 0 aliphatic heterocycles. The molecule has 5 nitrogen and oxygen atoms in total. The summed E-state index contributed by atoms with van der Waals surface area (Å²) in [7, 11) is -3.60. The van der Waals surface area contributed by atoms with Gasteiger partial charge in [-0.3, -0.25) is 9.97 Å². The number of rotatable bonds is 5. The first kappa shape index (κ1) is 18.2. The van der Waals surface area contributed by atoms with Crippen LogP contribution in [0.3, 0.4) is 0 Å². The molecule has 6 heteroatoms. The van der Waals surface area contributed by atoms with Crippen molar-refractivity contribution in [3.05, 3.63) is 77.2 Å². The van der Waals surface area contributed by atoms with Crippen LogP contribution in [-0.4, -0.2) is 18.4 Å². The molecule has 0 saturated heterocycles. The van der Waals surface area contributed by atoms with Crippen molar-refractivity contribution in [1.29, 1.82) is 0 Å². The maximum Gasteiger partial charge on any atom is 0.241 e. The molecule has 0 unspecified atom stereocenters. The molecule has 0 radical (unpaired) electrons. The van der Waals surface area contributed by atoms with Crippen LogP contribution in [0.15, 0.2) is 59.9 Å². The quantitative estimate of drug-likeness (QED) is 0.749. The van der Waals surface area contributed by atoms with Gasteiger partial charge in [0.1, 0.15) is 0 Å². The lowest BCUT2D eigenvalue weighted by atomic mass is 10.1. The van der Waals surface area contributed by atoms with E-state index in [9.17, 15) is 8.42 Å². The van der Waals surface area contributed by atoms with Crippen LogP contribution in [-0.2, 0) is 16.6 Å². The molecule has 0 amide bonds. The SMILES string of the molecule is Cc1cc(C)c(S(=O)(=O)NCc2ccnc(-c3cccnc3)c2)c(C)c1. The highest BCUT2D eigenvalue weighted by molar-refractivity contribution is 7.89. The van der Waals surface area contributed by atoms with Gasteiger partial charge in [0, 0.05) is 30.7 Å². The number of sulfonamides is 1. The minimum absolute atomic E-state index is 0.199. The lowest BCUT2D eigenvalue weighted by Gasteiger charge is -2.13. The maximum absolute atomic E-state index is 12.8. The van der Waals surface area contributed by atoms with Crippen molar-refractivity contribution in [2.45, 2.75) is 32.2 Å². The van der Waals surface area contributed by atoms with E-state index in [1.165, 1.54) is 0 Å². The summed E-state index contributed by atoms with van der Waals surface area (Å²) >= 11 is 0. The molecule has 1 aromatic carbocycles. The van der Waals surface area contributed by atoms with E-state index in [-0.39, 0.29) is 6.54 Å². The maximum atomic E-state index is 12.8. The Hall–Kier alpha value is -2.57. The first-order chi connectivity index (χ1) is 12.4. The molecule has 2 heterocycles. The molecule has 0 spiro atoms. The zero-order chi connectivity index (χ0) is 18.7. The number of hydrogen-bond acceptors (Lipinski definition) is 4. The van der Waals surface area contributed by atoms with Gasteiger partial charge in [0.2, 0.25) is 10.0 Å². The van der Waals surface area contributed by atoms with Crippen molar-refractivity contribution in [3.8, 4) is 11.3 Å². The van der Waals surface area contributed by atoms with E-state index in [0.717, 1.165) is 33.5 Å². The molecule has 134 valence electrons. The van der Waals surface area contributed by atoms with E-state index >= 15 is 0 Å². The minimum Gasteiger partial charge on any atom is -0.264 e. The third-order valence-electron chi connectivity index (χ3n) is 4.12. The van der Waals surface area contributed by atoms with Crippen LogP contribution in [0.5, 0.6) is 0 Å². The van der Waals surface area contributed by atoms with Gasteiger partial charge in [-0.05, 0) is 61.7 Å². The lowest BCUT2D eigenvalue weighted by Crippen LogP contribution is -2.25. The number of hydrogen-bond donors (Lipinski definition) is 1. The van der Waals surface area contributed by atoms with Crippen molar-refractivity contribution in [2.24, 2.45) is 0 Å². The fourth-order valence-corrected chi connectivity index (χ4v) is 4.56. The number of aromatic nitrogens is 2. The highest BCUT2D eigenvalue weighted by atomic mass is 32.2. The highest BCUT2D eigenvalue weighted by Gasteiger charge is 2.19. The van der Waals surface area contributed by atoms with Crippen LogP contribution in [0.1, 0.15) is 22.3 Å². The predicted octanol–water partition coefficient (Wildman–Crippen LogP) is 3.55. The van der Waals surface area contributed by atoms with E-state index in [0.29, 0.717) is 4.90 Å². The second-order valence-corrected chi connectivity index (χ2v) is 8.05. The van der Waals surface area contributed by atoms with Crippen molar-refractivity contribution in [3.63, 3.8) is 0 Å². The first-order valence-electron chi connectivity index (χ1n) is 8.29. The first-order valence-corrected chi connectivity index (χ1v) is 9.78. The number of pyridine rings is 2. The van der Waals surface area contributed by atoms with Gasteiger partial charge >= 0.3 is 0 Å². The van der Waals surface area contributed by atoms with Gasteiger partial charge in [0.25, 0.3) is 0 Å². The van der Waals surface area contributed by atoms with Gasteiger partial charge in [0.05, 0.1) is 10.6 Å². The van der Waals surface area contributed by atoms with Gasteiger partial charge in [-0.15, -0.1) is 0 Å². The van der Waals surface area contributed by atoms with E-state index in [4.69, 9.17) is 0 Å². The van der Waals surface area contributed by atoms with E-state index in [2.05, 4.69) is 14.7 Å². The Morgan fingerprint density at radius 2 is 1.73 bits per heavy atom. The lowest BCUT2D eigenvalue weighted by molar-refractivity contribution is 0.580. The van der Waals surface area contributed by atoms with E-state index in [1.807, 2.05) is 51.1 Å². The standard InChI is InChI=1S/C20H21N3O2S/c1-14-9-15(2)20(16(3)10-14)26(24,25)23-12-17-6-8-22-19(11-17)18-5-4-7-21-13-18/h4-11,13,23H,12H2,1-3H3. The summed E-state index contributed by atoms with van der Waals surface area (Å²) in [6.07, 6.45) is 5.11. The summed E-state index contributed by atoms with van der Waals surface area (Å²) in [5, 5.41) is 0. The predicted molar refractivity (Wildman–Crippen MR) is 102 cm³/mol. The summed E-state index contributed by atoms with van der Waals surface area (Å²) in [6.45, 7) is 5.80. The average Bonchev–Trinajstić information content (AvgIpc) is 2.60. The summed E-state index contributed by atoms with van der Waals surface area (Å²) < 4.78 is 28.3. The van der Waals surface area contributed by atoms with Crippen LogP contribution < -0.4 is 4.72 Å². The normalized spacial score (nSPS) is 11.5. The zero-order valence-corrected chi connectivity index (χ0v) is 15.8. The van der Waals surface area contributed by atoms with Crippen LogP contribution in [0, 0.1) is 20.8 Å². The molecule has 3 aromatic rings. The van der Waals surface area contributed by atoms with Crippen LogP contribution in [0.2, 0.25) is 0 Å². The van der Waals surface area contributed by atoms with Crippen molar-refractivity contribution in [2.75, 3.05) is 0 Å². The van der Waals surface area contributed by atoms with E-state index < -0.39 is 10.0 Å². The molecule has 0 fully saturated rings. The topological polar surface area (TPSA) is 72.0 Å². The Labute approximate surface area is 154 Å². The third-order valence-corrected chi connectivity index (χ3v) is 5.83. The Morgan fingerprint density at radius 1 is 1.00 bits per heavy atom. The Bertz CT molecular complexity index is 1010. The van der Waals surface area contributed by atoms with Crippen molar-refractivity contribution < 1.29 is 8.42 Å². The van der Waals surface area contributed by atoms with Gasteiger partial charge < -0.3 is 0 Å². The van der Waals surface area contributed by atoms with E-state index in [1.54, 1.807) is 24.7 Å². The molecule has 0 atom stereocenters. The second-order valence-electron chi connectivity index (χ2n) is 6.34. The number of nitrogens with one attached hydrogen (secondary N) is 1. The average molecular weight is 367 g/mol. The fourth-order valence-electron chi connectivity index (χ4n) is 3.10. The molecule has 0 bridgehead atoms. The molecule has 1 N–H and O–H groups in total. The third kappa shape index (κ3) is 3.98. The van der Waals surface area contributed by atoms with Crippen LogP contribution in [0.4, 0.5) is 0 Å². The van der Waals surface area contributed by atoms with Gasteiger partial charge in [-0.25, -0.2) is 13.1 Å². The summed E-state index contributed by atoms with van der Waals surface area (Å²) in [4.78, 5) is 8.78. The molecule has 0 aliphatic rings. The number of nitrogens with zero attached hydrogens (tertiary/aromatic N) is 2. The fraction of sp³-hybridized carbons (Fsp3) is 0.200. The highest BCUT2D eigenvalue weighted by Crippen LogP contribution is 2.22. The van der Waals surface area contributed by atoms with Gasteiger partial charge in [-0.2, -0.15) is 0 Å². The molecular weight excluding hydrogens is 346 g/mol. The molecular formula is C20H21N3O2S. The van der Waals surface area contributed by atoms with Crippen LogP contribution in [0.25, 0.3) is 11.3 Å². The van der Waals surface area contributed by atoms with Crippen LogP contribution >= 0.6 is 0 Å².